The van der Waals surface area contributed by atoms with Gasteiger partial charge in [0, 0.05) is 0 Å². The summed E-state index contributed by atoms with van der Waals surface area (Å²) in [4.78, 5) is 12.8. The van der Waals surface area contributed by atoms with Gasteiger partial charge in [0.15, 0.2) is 6.10 Å². The molecule has 2 aromatic rings. The van der Waals surface area contributed by atoms with E-state index in [1.807, 2.05) is 60.7 Å². The molecular formula is C20H25O6P. The van der Waals surface area contributed by atoms with E-state index in [0.29, 0.717) is 6.61 Å². The minimum absolute atomic E-state index is 0.254. The minimum Gasteiger partial charge on any atom is -0.629 e. The van der Waals surface area contributed by atoms with Crippen LogP contribution in [-0.4, -0.2) is 36.4 Å². The molecule has 1 saturated heterocycles. The summed E-state index contributed by atoms with van der Waals surface area (Å²) in [5.74, 6) is -1.43. The number of ether oxygens (including phenoxy) is 2. The molecule has 0 bridgehead atoms. The van der Waals surface area contributed by atoms with Gasteiger partial charge < -0.3 is 19.5 Å². The first-order chi connectivity index (χ1) is 13.0. The fourth-order valence-corrected chi connectivity index (χ4v) is 4.69. The summed E-state index contributed by atoms with van der Waals surface area (Å²) >= 11 is 0. The van der Waals surface area contributed by atoms with Crippen LogP contribution in [0.4, 0.5) is 0 Å². The largest absolute Gasteiger partial charge is 0.629 e. The number of benzene rings is 2. The molecule has 0 saturated carbocycles. The summed E-state index contributed by atoms with van der Waals surface area (Å²) in [6.07, 6.45) is -2.01. The maximum Gasteiger partial charge on any atom is 0.270 e. The molecule has 0 aromatic heterocycles. The lowest BCUT2D eigenvalue weighted by Gasteiger charge is -2.44. The van der Waals surface area contributed by atoms with E-state index < -0.39 is 32.1 Å². The fourth-order valence-electron chi connectivity index (χ4n) is 3.07. The Morgan fingerprint density at radius 1 is 0.926 bits per heavy atom. The van der Waals surface area contributed by atoms with E-state index in [0.717, 1.165) is 11.1 Å². The number of aliphatic hydroxyl groups excluding tert-OH is 1. The number of hydrogen-bond donors (Lipinski definition) is 1. The third kappa shape index (κ3) is 4.92. The molecule has 0 radical (unpaired) electrons. The van der Waals surface area contributed by atoms with E-state index in [4.69, 9.17) is 18.5 Å². The molecule has 2 aromatic carbocycles. The van der Waals surface area contributed by atoms with Crippen molar-refractivity contribution in [2.75, 3.05) is 7.11 Å². The molecule has 27 heavy (non-hydrogen) atoms. The first-order valence-electron chi connectivity index (χ1n) is 8.86. The van der Waals surface area contributed by atoms with Gasteiger partial charge in [0.2, 0.25) is 5.85 Å². The van der Waals surface area contributed by atoms with Crippen LogP contribution >= 0.6 is 7.94 Å². The third-order valence-electron chi connectivity index (χ3n) is 4.54. The van der Waals surface area contributed by atoms with Crippen LogP contribution in [0.15, 0.2) is 60.7 Å². The van der Waals surface area contributed by atoms with Crippen molar-refractivity contribution >= 4 is 7.94 Å². The molecule has 1 aliphatic rings. The predicted octanol–water partition coefficient (Wildman–Crippen LogP) is 2.66. The zero-order chi connectivity index (χ0) is 19.3. The Labute approximate surface area is 160 Å². The van der Waals surface area contributed by atoms with Crippen molar-refractivity contribution in [3.63, 3.8) is 0 Å². The van der Waals surface area contributed by atoms with Crippen LogP contribution in [0, 0.1) is 0 Å². The lowest BCUT2D eigenvalue weighted by molar-refractivity contribution is -0.263. The Balaban J connectivity index is 1.74. The smallest absolute Gasteiger partial charge is 0.270 e. The second-order valence-electron chi connectivity index (χ2n) is 6.47. The van der Waals surface area contributed by atoms with Crippen LogP contribution in [0.3, 0.4) is 0 Å². The van der Waals surface area contributed by atoms with E-state index >= 15 is 0 Å². The number of aliphatic hydroxyl groups is 1. The molecule has 7 heteroatoms. The van der Waals surface area contributed by atoms with Gasteiger partial charge >= 0.3 is 0 Å². The van der Waals surface area contributed by atoms with Crippen LogP contribution in [0.25, 0.3) is 0 Å². The summed E-state index contributed by atoms with van der Waals surface area (Å²) < 4.78 is 22.4. The van der Waals surface area contributed by atoms with Gasteiger partial charge in [-0.1, -0.05) is 60.7 Å². The molecule has 1 N–H and O–H groups in total. The van der Waals surface area contributed by atoms with Gasteiger partial charge in [-0.15, -0.1) is 0 Å². The topological polar surface area (TPSA) is 80.2 Å². The average molecular weight is 392 g/mol. The number of hydrogen-bond acceptors (Lipinski definition) is 6. The van der Waals surface area contributed by atoms with Gasteiger partial charge in [0.1, 0.15) is 12.2 Å². The summed E-state index contributed by atoms with van der Waals surface area (Å²) in [7, 11) is -2.44. The monoisotopic (exact) mass is 392 g/mol. The molecule has 0 aliphatic carbocycles. The maximum atomic E-state index is 12.8. The zero-order valence-electron chi connectivity index (χ0n) is 15.4. The summed E-state index contributed by atoms with van der Waals surface area (Å²) in [6.45, 7) is 2.32. The highest BCUT2D eigenvalue weighted by atomic mass is 31.2. The second-order valence-corrected chi connectivity index (χ2v) is 8.65. The van der Waals surface area contributed by atoms with E-state index in [9.17, 15) is 10.00 Å². The average Bonchev–Trinajstić information content (AvgIpc) is 2.70. The number of rotatable bonds is 7. The molecule has 1 fully saturated rings. The van der Waals surface area contributed by atoms with Crippen LogP contribution < -0.4 is 4.89 Å². The molecule has 5 atom stereocenters. The SMILES string of the molecule is CO[P+]1([O-])O[C@@H](C)[C@@H](OCc2ccccc2)[C@@H](OCc2ccccc2)[C@@H]1O. The van der Waals surface area contributed by atoms with E-state index in [2.05, 4.69) is 0 Å². The quantitative estimate of drug-likeness (QED) is 0.730. The van der Waals surface area contributed by atoms with Crippen LogP contribution in [0.2, 0.25) is 0 Å². The molecule has 0 spiro atoms. The van der Waals surface area contributed by atoms with Crippen LogP contribution in [0.5, 0.6) is 0 Å². The second kappa shape index (κ2) is 9.22. The van der Waals surface area contributed by atoms with Crippen molar-refractivity contribution in [1.82, 2.24) is 0 Å². The third-order valence-corrected chi connectivity index (χ3v) is 6.62. The van der Waals surface area contributed by atoms with Gasteiger partial charge in [0.25, 0.3) is 7.94 Å². The van der Waals surface area contributed by atoms with E-state index in [1.165, 1.54) is 7.11 Å². The Morgan fingerprint density at radius 3 is 1.89 bits per heavy atom. The molecule has 1 aliphatic heterocycles. The highest BCUT2D eigenvalue weighted by Gasteiger charge is 2.56. The molecule has 0 amide bonds. The molecular weight excluding hydrogens is 367 g/mol. The lowest BCUT2D eigenvalue weighted by atomic mass is 10.1. The van der Waals surface area contributed by atoms with Crippen molar-refractivity contribution in [3.8, 4) is 0 Å². The Bertz CT molecular complexity index is 700. The first kappa shape index (κ1) is 20.4. The molecule has 146 valence electrons. The van der Waals surface area contributed by atoms with E-state index in [1.54, 1.807) is 6.92 Å². The van der Waals surface area contributed by atoms with Crippen molar-refractivity contribution in [1.29, 1.82) is 0 Å². The van der Waals surface area contributed by atoms with Crippen molar-refractivity contribution in [2.45, 2.75) is 44.3 Å². The fraction of sp³-hybridized carbons (Fsp3) is 0.400. The van der Waals surface area contributed by atoms with Crippen molar-refractivity contribution < 1.29 is 28.5 Å². The normalized spacial score (nSPS) is 31.0. The van der Waals surface area contributed by atoms with E-state index in [-0.39, 0.29) is 6.61 Å². The van der Waals surface area contributed by atoms with Gasteiger partial charge in [-0.3, -0.25) is 0 Å². The van der Waals surface area contributed by atoms with Gasteiger partial charge in [-0.25, -0.2) is 9.05 Å². The summed E-state index contributed by atoms with van der Waals surface area (Å²) in [5.41, 5.74) is 1.93. The lowest BCUT2D eigenvalue weighted by Crippen LogP contribution is -2.55. The van der Waals surface area contributed by atoms with Crippen molar-refractivity contribution in [2.24, 2.45) is 0 Å². The van der Waals surface area contributed by atoms with Crippen LogP contribution in [-0.2, 0) is 31.7 Å². The summed E-state index contributed by atoms with van der Waals surface area (Å²) in [6, 6.07) is 19.3. The highest BCUT2D eigenvalue weighted by Crippen LogP contribution is 2.61. The Kier molecular flexibility index (Phi) is 6.95. The maximum absolute atomic E-state index is 12.8. The zero-order valence-corrected chi connectivity index (χ0v) is 16.3. The minimum atomic E-state index is -3.70. The van der Waals surface area contributed by atoms with Crippen LogP contribution in [0.1, 0.15) is 18.1 Å². The molecule has 3 rings (SSSR count). The van der Waals surface area contributed by atoms with Gasteiger partial charge in [-0.05, 0) is 18.1 Å². The molecule has 1 unspecified atom stereocenters. The van der Waals surface area contributed by atoms with Gasteiger partial charge in [-0.2, -0.15) is 0 Å². The standard InChI is InChI=1S/C20H25O6P/c1-15-18(24-13-16-9-5-3-6-10-16)19(20(21)27(22,23-2)26-15)25-14-17-11-7-4-8-12-17/h3-12,15,18-21H,13-14H2,1-2H3/t15-,18+,19+,20+,27?/m0/s1. The van der Waals surface area contributed by atoms with Crippen molar-refractivity contribution in [3.05, 3.63) is 71.8 Å². The molecule has 1 heterocycles. The molecule has 6 nitrogen and oxygen atoms in total. The highest BCUT2D eigenvalue weighted by molar-refractivity contribution is 7.59. The Morgan fingerprint density at radius 2 is 1.41 bits per heavy atom. The predicted molar refractivity (Wildman–Crippen MR) is 101 cm³/mol. The van der Waals surface area contributed by atoms with Gasteiger partial charge in [0.05, 0.1) is 20.3 Å². The Hall–Kier alpha value is -1.37. The summed E-state index contributed by atoms with van der Waals surface area (Å²) in [5, 5.41) is 10.6. The first-order valence-corrected chi connectivity index (χ1v) is 10.5.